The molecule has 1 rings (SSSR count). The molecule has 0 aliphatic rings. The molecule has 1 aromatic rings. The van der Waals surface area contributed by atoms with Gasteiger partial charge >= 0.3 is 0 Å². The van der Waals surface area contributed by atoms with Crippen LogP contribution in [0.3, 0.4) is 0 Å². The summed E-state index contributed by atoms with van der Waals surface area (Å²) in [5.74, 6) is 6.00. The van der Waals surface area contributed by atoms with Gasteiger partial charge < -0.3 is 0 Å². The van der Waals surface area contributed by atoms with Crippen LogP contribution in [0.5, 0.6) is 0 Å². The molecule has 0 spiro atoms. The van der Waals surface area contributed by atoms with E-state index < -0.39 is 0 Å². The van der Waals surface area contributed by atoms with Crippen molar-refractivity contribution in [2.75, 3.05) is 0 Å². The van der Waals surface area contributed by atoms with Gasteiger partial charge in [0.25, 0.3) is 0 Å². The van der Waals surface area contributed by atoms with Gasteiger partial charge in [-0.2, -0.15) is 0 Å². The van der Waals surface area contributed by atoms with Crippen LogP contribution in [0.25, 0.3) is 5.57 Å². The zero-order valence-electron chi connectivity index (χ0n) is 9.43. The van der Waals surface area contributed by atoms with Crippen LogP contribution < -0.4 is 0 Å². The van der Waals surface area contributed by atoms with Gasteiger partial charge in [-0.3, -0.25) is 0 Å². The molecular weight excluding hydrogens is 180 g/mol. The van der Waals surface area contributed by atoms with E-state index in [1.54, 1.807) is 0 Å². The topological polar surface area (TPSA) is 0 Å². The number of hydrogen-bond acceptors (Lipinski definition) is 0. The van der Waals surface area contributed by atoms with E-state index in [9.17, 15) is 0 Å². The first-order chi connectivity index (χ1) is 7.09. The van der Waals surface area contributed by atoms with Gasteiger partial charge in [0.05, 0.1) is 0 Å². The van der Waals surface area contributed by atoms with Gasteiger partial charge in [0.2, 0.25) is 0 Å². The Bertz CT molecular complexity index is 421. The van der Waals surface area contributed by atoms with E-state index in [1.165, 1.54) is 5.56 Å². The van der Waals surface area contributed by atoms with Crippen molar-refractivity contribution in [2.45, 2.75) is 20.3 Å². The molecule has 0 nitrogen and oxygen atoms in total. The fourth-order valence-corrected chi connectivity index (χ4v) is 1.19. The second kappa shape index (κ2) is 5.22. The Morgan fingerprint density at radius 1 is 1.20 bits per heavy atom. The van der Waals surface area contributed by atoms with Crippen LogP contribution >= 0.6 is 0 Å². The average molecular weight is 196 g/mol. The molecule has 0 fully saturated rings. The highest BCUT2D eigenvalue weighted by atomic mass is 14.0. The third kappa shape index (κ3) is 3.87. The highest BCUT2D eigenvalue weighted by Gasteiger charge is 1.95. The zero-order valence-corrected chi connectivity index (χ0v) is 9.43. The highest BCUT2D eigenvalue weighted by molar-refractivity contribution is 5.65. The molecule has 0 amide bonds. The third-order valence-electron chi connectivity index (χ3n) is 2.06. The number of benzene rings is 1. The summed E-state index contributed by atoms with van der Waals surface area (Å²) >= 11 is 0. The molecule has 0 aliphatic heterocycles. The molecule has 0 saturated heterocycles. The Labute approximate surface area is 92.3 Å². The van der Waals surface area contributed by atoms with E-state index in [0.29, 0.717) is 6.42 Å². The molecule has 76 valence electrons. The lowest BCUT2D eigenvalue weighted by Gasteiger charge is -2.01. The van der Waals surface area contributed by atoms with Crippen LogP contribution in [0.15, 0.2) is 43.0 Å². The molecule has 0 saturated carbocycles. The molecule has 0 unspecified atom stereocenters. The van der Waals surface area contributed by atoms with Gasteiger partial charge in [-0.15, -0.1) is 0 Å². The summed E-state index contributed by atoms with van der Waals surface area (Å²) in [5, 5.41) is 0. The first-order valence-corrected chi connectivity index (χ1v) is 4.99. The molecule has 15 heavy (non-hydrogen) atoms. The smallest absolute Gasteiger partial charge is 0.0344 e. The number of allylic oxidation sites excluding steroid dienone is 2. The molecular formula is C15H16. The summed E-state index contributed by atoms with van der Waals surface area (Å²) in [6, 6.07) is 8.35. The summed E-state index contributed by atoms with van der Waals surface area (Å²) in [7, 11) is 0. The van der Waals surface area contributed by atoms with E-state index in [0.717, 1.165) is 16.7 Å². The van der Waals surface area contributed by atoms with Crippen LogP contribution in [0.2, 0.25) is 0 Å². The van der Waals surface area contributed by atoms with Crippen LogP contribution in [0.4, 0.5) is 0 Å². The molecule has 0 atom stereocenters. The predicted molar refractivity (Wildman–Crippen MR) is 67.4 cm³/mol. The Kier molecular flexibility index (Phi) is 3.94. The van der Waals surface area contributed by atoms with Gasteiger partial charge in [0.15, 0.2) is 0 Å². The van der Waals surface area contributed by atoms with Crippen molar-refractivity contribution >= 4 is 5.57 Å². The summed E-state index contributed by atoms with van der Waals surface area (Å²) in [5.41, 5.74) is 4.38. The van der Waals surface area contributed by atoms with Gasteiger partial charge in [0.1, 0.15) is 0 Å². The van der Waals surface area contributed by atoms with Crippen LogP contribution in [-0.4, -0.2) is 0 Å². The maximum Gasteiger partial charge on any atom is 0.0344 e. The molecule has 1 aromatic carbocycles. The fourth-order valence-electron chi connectivity index (χ4n) is 1.19. The van der Waals surface area contributed by atoms with Crippen molar-refractivity contribution in [3.8, 4) is 11.8 Å². The Morgan fingerprint density at radius 3 is 2.33 bits per heavy atom. The third-order valence-corrected chi connectivity index (χ3v) is 2.06. The normalized spacial score (nSPS) is 8.93. The fraction of sp³-hybridized carbons (Fsp3) is 0.200. The number of rotatable bonds is 2. The molecule has 0 aliphatic carbocycles. The Hall–Kier alpha value is -1.74. The average Bonchev–Trinajstić information content (AvgIpc) is 2.18. The standard InChI is InChI=1S/C15H16/c1-12(2)6-5-7-14(4)15-10-8-13(3)9-11-15/h8-11H,1,4,7H2,2-3H3. The molecule has 0 N–H and O–H groups in total. The lowest BCUT2D eigenvalue weighted by atomic mass is 10.0. The molecule has 0 bridgehead atoms. The van der Waals surface area contributed by atoms with Crippen LogP contribution in [0, 0.1) is 18.8 Å². The summed E-state index contributed by atoms with van der Waals surface area (Å²) in [4.78, 5) is 0. The molecule has 0 radical (unpaired) electrons. The second-order valence-corrected chi connectivity index (χ2v) is 3.73. The van der Waals surface area contributed by atoms with E-state index in [4.69, 9.17) is 0 Å². The van der Waals surface area contributed by atoms with E-state index >= 15 is 0 Å². The lowest BCUT2D eigenvalue weighted by molar-refractivity contribution is 1.41. The van der Waals surface area contributed by atoms with Gasteiger partial charge in [-0.25, -0.2) is 0 Å². The van der Waals surface area contributed by atoms with Gasteiger partial charge in [-0.1, -0.05) is 54.8 Å². The molecule has 0 aromatic heterocycles. The van der Waals surface area contributed by atoms with Crippen molar-refractivity contribution in [3.63, 3.8) is 0 Å². The van der Waals surface area contributed by atoms with E-state index in [1.807, 2.05) is 6.92 Å². The SMILES string of the molecule is C=C(C)C#CCC(=C)c1ccc(C)cc1. The molecule has 0 heteroatoms. The molecule has 0 heterocycles. The maximum absolute atomic E-state index is 4.02. The Balaban J connectivity index is 2.67. The lowest BCUT2D eigenvalue weighted by Crippen LogP contribution is -1.82. The van der Waals surface area contributed by atoms with Crippen LogP contribution in [-0.2, 0) is 0 Å². The predicted octanol–water partition coefficient (Wildman–Crippen LogP) is 3.98. The van der Waals surface area contributed by atoms with Gasteiger partial charge in [-0.05, 0) is 30.6 Å². The number of hydrogen-bond donors (Lipinski definition) is 0. The van der Waals surface area contributed by atoms with Crippen molar-refractivity contribution in [1.82, 2.24) is 0 Å². The minimum atomic E-state index is 0.704. The van der Waals surface area contributed by atoms with Crippen molar-refractivity contribution in [1.29, 1.82) is 0 Å². The quantitative estimate of drug-likeness (QED) is 0.628. The Morgan fingerprint density at radius 2 is 1.80 bits per heavy atom. The highest BCUT2D eigenvalue weighted by Crippen LogP contribution is 2.15. The first kappa shape index (κ1) is 11.3. The van der Waals surface area contributed by atoms with E-state index in [2.05, 4.69) is 56.2 Å². The summed E-state index contributed by atoms with van der Waals surface area (Å²) in [6.07, 6.45) is 0.704. The van der Waals surface area contributed by atoms with Crippen molar-refractivity contribution in [2.24, 2.45) is 0 Å². The summed E-state index contributed by atoms with van der Waals surface area (Å²) in [6.45, 7) is 11.7. The van der Waals surface area contributed by atoms with Crippen LogP contribution in [0.1, 0.15) is 24.5 Å². The number of aryl methyl sites for hydroxylation is 1. The van der Waals surface area contributed by atoms with Crippen molar-refractivity contribution < 1.29 is 0 Å². The monoisotopic (exact) mass is 196 g/mol. The second-order valence-electron chi connectivity index (χ2n) is 3.73. The minimum absolute atomic E-state index is 0.704. The van der Waals surface area contributed by atoms with Crippen molar-refractivity contribution in [3.05, 3.63) is 54.1 Å². The summed E-state index contributed by atoms with van der Waals surface area (Å²) < 4.78 is 0. The largest absolute Gasteiger partial charge is 0.0943 e. The van der Waals surface area contributed by atoms with Gasteiger partial charge in [0, 0.05) is 6.42 Å². The first-order valence-electron chi connectivity index (χ1n) is 4.99. The minimum Gasteiger partial charge on any atom is -0.0943 e. The maximum atomic E-state index is 4.02. The zero-order chi connectivity index (χ0) is 11.3. The van der Waals surface area contributed by atoms with E-state index in [-0.39, 0.29) is 0 Å².